The van der Waals surface area contributed by atoms with Crippen LogP contribution in [-0.4, -0.2) is 76.5 Å². The predicted molar refractivity (Wildman–Crippen MR) is 110 cm³/mol. The number of nitrogens with two attached hydrogens (primary N) is 3. The number of primary amides is 2. The Kier molecular flexibility index (Phi) is 12.5. The standard InChI is InChI=1S/C18H32N6O8/c1-3-8(2)14(17(30)22-10(18(31)32)4-5-12(20)26)24-16(29)11(7-25)23-15(28)9(19)6-13(21)27/h8-11,14,25H,3-7,19H2,1-2H3,(H2,20,26)(H2,21,27)(H,22,30)(H,23,28)(H,24,29)(H,31,32). The number of nitrogens with one attached hydrogen (secondary N) is 3. The van der Waals surface area contributed by atoms with E-state index in [1.165, 1.54) is 0 Å². The average Bonchev–Trinajstić information content (AvgIpc) is 2.70. The van der Waals surface area contributed by atoms with E-state index >= 15 is 0 Å². The first-order chi connectivity index (χ1) is 14.8. The van der Waals surface area contributed by atoms with Crippen molar-refractivity contribution in [1.82, 2.24) is 16.0 Å². The normalized spacial score (nSPS) is 15.4. The summed E-state index contributed by atoms with van der Waals surface area (Å²) in [6, 6.07) is -5.47. The number of carboxylic acid groups (broad SMARTS) is 1. The van der Waals surface area contributed by atoms with Crippen LogP contribution in [0.5, 0.6) is 0 Å². The number of carbonyl (C=O) groups excluding carboxylic acids is 5. The van der Waals surface area contributed by atoms with Gasteiger partial charge in [-0.15, -0.1) is 0 Å². The third-order valence-corrected chi connectivity index (χ3v) is 4.66. The lowest BCUT2D eigenvalue weighted by Crippen LogP contribution is -2.59. The summed E-state index contributed by atoms with van der Waals surface area (Å²) in [7, 11) is 0. The zero-order valence-electron chi connectivity index (χ0n) is 18.0. The van der Waals surface area contributed by atoms with Gasteiger partial charge in [0.15, 0.2) is 0 Å². The lowest BCUT2D eigenvalue weighted by molar-refractivity contribution is -0.143. The van der Waals surface area contributed by atoms with Gasteiger partial charge in [-0.05, 0) is 12.3 Å². The molecule has 0 heterocycles. The van der Waals surface area contributed by atoms with Gasteiger partial charge >= 0.3 is 5.97 Å². The van der Waals surface area contributed by atoms with Crippen LogP contribution in [-0.2, 0) is 28.8 Å². The molecule has 5 unspecified atom stereocenters. The average molecular weight is 460 g/mol. The van der Waals surface area contributed by atoms with Gasteiger partial charge in [-0.3, -0.25) is 24.0 Å². The monoisotopic (exact) mass is 460 g/mol. The maximum absolute atomic E-state index is 12.7. The number of carboxylic acids is 1. The lowest BCUT2D eigenvalue weighted by atomic mass is 9.97. The number of carbonyl (C=O) groups is 6. The summed E-state index contributed by atoms with van der Waals surface area (Å²) in [6.07, 6.45) is -0.588. The summed E-state index contributed by atoms with van der Waals surface area (Å²) < 4.78 is 0. The van der Waals surface area contributed by atoms with Crippen molar-refractivity contribution in [1.29, 1.82) is 0 Å². The number of aliphatic hydroxyl groups is 1. The zero-order valence-corrected chi connectivity index (χ0v) is 18.0. The van der Waals surface area contributed by atoms with Gasteiger partial charge in [0.05, 0.1) is 19.1 Å². The number of hydrogen-bond donors (Lipinski definition) is 8. The molecule has 0 aliphatic carbocycles. The molecule has 5 atom stereocenters. The van der Waals surface area contributed by atoms with Gasteiger partial charge < -0.3 is 43.4 Å². The van der Waals surface area contributed by atoms with Crippen molar-refractivity contribution in [3.05, 3.63) is 0 Å². The highest BCUT2D eigenvalue weighted by molar-refractivity contribution is 5.95. The zero-order chi connectivity index (χ0) is 25.0. The van der Waals surface area contributed by atoms with Gasteiger partial charge in [-0.1, -0.05) is 20.3 Å². The van der Waals surface area contributed by atoms with Crippen molar-refractivity contribution >= 4 is 35.5 Å². The molecule has 182 valence electrons. The highest BCUT2D eigenvalue weighted by atomic mass is 16.4. The number of aliphatic hydroxyl groups excluding tert-OH is 1. The number of aliphatic carboxylic acids is 1. The molecule has 0 rings (SSSR count). The van der Waals surface area contributed by atoms with E-state index in [9.17, 15) is 39.0 Å². The molecule has 14 nitrogen and oxygen atoms in total. The fourth-order valence-electron chi connectivity index (χ4n) is 2.54. The molecule has 0 radical (unpaired) electrons. The summed E-state index contributed by atoms with van der Waals surface area (Å²) in [5.41, 5.74) is 15.5. The third kappa shape index (κ3) is 10.2. The van der Waals surface area contributed by atoms with Crippen molar-refractivity contribution < 1.29 is 39.0 Å². The van der Waals surface area contributed by atoms with Crippen LogP contribution < -0.4 is 33.2 Å². The largest absolute Gasteiger partial charge is 0.480 e. The van der Waals surface area contributed by atoms with Crippen LogP contribution in [0.2, 0.25) is 0 Å². The molecule has 32 heavy (non-hydrogen) atoms. The topological polar surface area (TPSA) is 257 Å². The number of amides is 5. The molecule has 11 N–H and O–H groups in total. The summed E-state index contributed by atoms with van der Waals surface area (Å²) in [4.78, 5) is 70.4. The molecule has 0 aliphatic rings. The van der Waals surface area contributed by atoms with Crippen molar-refractivity contribution in [2.75, 3.05) is 6.61 Å². The molecule has 0 aromatic carbocycles. The van der Waals surface area contributed by atoms with E-state index in [-0.39, 0.29) is 12.8 Å². The van der Waals surface area contributed by atoms with E-state index in [2.05, 4.69) is 16.0 Å². The van der Waals surface area contributed by atoms with Crippen LogP contribution >= 0.6 is 0 Å². The molecule has 0 saturated heterocycles. The second-order valence-electron chi connectivity index (χ2n) is 7.30. The van der Waals surface area contributed by atoms with Gasteiger partial charge in [0, 0.05) is 6.42 Å². The minimum Gasteiger partial charge on any atom is -0.480 e. The predicted octanol–water partition coefficient (Wildman–Crippen LogP) is -3.97. The van der Waals surface area contributed by atoms with E-state index in [4.69, 9.17) is 17.2 Å². The molecular formula is C18H32N6O8. The number of hydrogen-bond acceptors (Lipinski definition) is 8. The quantitative estimate of drug-likeness (QED) is 0.118. The van der Waals surface area contributed by atoms with Crippen LogP contribution in [0.1, 0.15) is 39.5 Å². The maximum Gasteiger partial charge on any atom is 0.326 e. The first-order valence-corrected chi connectivity index (χ1v) is 9.90. The minimum atomic E-state index is -1.49. The Labute approximate surface area is 184 Å². The molecule has 0 aromatic heterocycles. The summed E-state index contributed by atoms with van der Waals surface area (Å²) in [5, 5.41) is 25.5. The minimum absolute atomic E-state index is 0.245. The summed E-state index contributed by atoms with van der Waals surface area (Å²) in [5.74, 6) is -6.12. The molecule has 0 spiro atoms. The fraction of sp³-hybridized carbons (Fsp3) is 0.667. The van der Waals surface area contributed by atoms with Crippen molar-refractivity contribution in [3.8, 4) is 0 Å². The molecule has 0 fully saturated rings. The Morgan fingerprint density at radius 1 is 0.875 bits per heavy atom. The van der Waals surface area contributed by atoms with Crippen LogP contribution in [0.15, 0.2) is 0 Å². The highest BCUT2D eigenvalue weighted by Crippen LogP contribution is 2.10. The van der Waals surface area contributed by atoms with Gasteiger partial charge in [-0.2, -0.15) is 0 Å². The van der Waals surface area contributed by atoms with Crippen LogP contribution in [0.25, 0.3) is 0 Å². The van der Waals surface area contributed by atoms with Crippen LogP contribution in [0.3, 0.4) is 0 Å². The Morgan fingerprint density at radius 3 is 1.88 bits per heavy atom. The molecule has 0 aliphatic heterocycles. The summed E-state index contributed by atoms with van der Waals surface area (Å²) in [6.45, 7) is 2.51. The van der Waals surface area contributed by atoms with Crippen molar-refractivity contribution in [2.45, 2.75) is 63.7 Å². The molecule has 0 bridgehead atoms. The first kappa shape index (κ1) is 28.7. The Balaban J connectivity index is 5.33. The lowest BCUT2D eigenvalue weighted by Gasteiger charge is -2.27. The SMILES string of the molecule is CCC(C)C(NC(=O)C(CO)NC(=O)C(N)CC(N)=O)C(=O)NC(CCC(N)=O)C(=O)O. The fourth-order valence-corrected chi connectivity index (χ4v) is 2.54. The second-order valence-corrected chi connectivity index (χ2v) is 7.30. The van der Waals surface area contributed by atoms with Crippen LogP contribution in [0, 0.1) is 5.92 Å². The van der Waals surface area contributed by atoms with E-state index in [0.717, 1.165) is 0 Å². The molecule has 5 amide bonds. The Morgan fingerprint density at radius 2 is 1.44 bits per heavy atom. The van der Waals surface area contributed by atoms with E-state index in [0.29, 0.717) is 6.42 Å². The Hall–Kier alpha value is -3.26. The maximum atomic E-state index is 12.7. The van der Waals surface area contributed by atoms with Gasteiger partial charge in [0.2, 0.25) is 29.5 Å². The van der Waals surface area contributed by atoms with Crippen molar-refractivity contribution in [2.24, 2.45) is 23.1 Å². The van der Waals surface area contributed by atoms with Gasteiger partial charge in [0.1, 0.15) is 18.1 Å². The molecule has 0 aromatic rings. The summed E-state index contributed by atoms with van der Waals surface area (Å²) >= 11 is 0. The van der Waals surface area contributed by atoms with E-state index in [1.54, 1.807) is 13.8 Å². The molecule has 0 saturated carbocycles. The number of rotatable bonds is 15. The van der Waals surface area contributed by atoms with Gasteiger partial charge in [0.25, 0.3) is 0 Å². The van der Waals surface area contributed by atoms with Gasteiger partial charge in [-0.25, -0.2) is 4.79 Å². The molecule has 14 heteroatoms. The second kappa shape index (κ2) is 13.9. The highest BCUT2D eigenvalue weighted by Gasteiger charge is 2.32. The Bertz CT molecular complexity index is 716. The van der Waals surface area contributed by atoms with E-state index in [1.807, 2.05) is 0 Å². The van der Waals surface area contributed by atoms with E-state index < -0.39 is 78.6 Å². The third-order valence-electron chi connectivity index (χ3n) is 4.66. The van der Waals surface area contributed by atoms with Crippen LogP contribution in [0.4, 0.5) is 0 Å². The smallest absolute Gasteiger partial charge is 0.326 e. The van der Waals surface area contributed by atoms with Crippen molar-refractivity contribution in [3.63, 3.8) is 0 Å². The first-order valence-electron chi connectivity index (χ1n) is 9.90. The molecular weight excluding hydrogens is 428 g/mol.